The minimum absolute atomic E-state index is 0.389. The van der Waals surface area contributed by atoms with Gasteiger partial charge in [-0.3, -0.25) is 0 Å². The maximum absolute atomic E-state index is 8.14. The van der Waals surface area contributed by atoms with Gasteiger partial charge in [-0.15, -0.1) is 0 Å². The second-order valence-corrected chi connectivity index (χ2v) is 1.77. The molecule has 46 valence electrons. The molecule has 0 spiro atoms. The Kier molecular flexibility index (Phi) is 4.05. The monoisotopic (exact) mass is 112 g/mol. The van der Waals surface area contributed by atoms with Gasteiger partial charge in [0.2, 0.25) is 0 Å². The molecule has 8 heavy (non-hydrogen) atoms. The highest BCUT2D eigenvalue weighted by atomic mass is 14.9. The summed E-state index contributed by atoms with van der Waals surface area (Å²) < 4.78 is 0. The molecule has 1 N–H and O–H groups in total. The number of nitrogens with one attached hydrogen (secondary N) is 1. The van der Waals surface area contributed by atoms with E-state index in [1.165, 1.54) is 0 Å². The van der Waals surface area contributed by atoms with Crippen molar-refractivity contribution in [3.05, 3.63) is 0 Å². The topological polar surface area (TPSA) is 35.8 Å². The van der Waals surface area contributed by atoms with Crippen LogP contribution in [0.25, 0.3) is 0 Å². The van der Waals surface area contributed by atoms with Gasteiger partial charge < -0.3 is 5.32 Å². The van der Waals surface area contributed by atoms with E-state index in [1.54, 1.807) is 0 Å². The summed E-state index contributed by atoms with van der Waals surface area (Å²) in [5, 5.41) is 10.8. The molecule has 0 aromatic heterocycles. The lowest BCUT2D eigenvalue weighted by Crippen LogP contribution is -2.21. The Bertz CT molecular complexity index is 79.0. The zero-order valence-corrected chi connectivity index (χ0v) is 5.44. The summed E-state index contributed by atoms with van der Waals surface area (Å²) in [6, 6.07) is 0.389. The number of nitrogens with zero attached hydrogens (tertiary/aromatic N) is 1. The molecule has 0 unspecified atom stereocenters. The summed E-state index contributed by atoms with van der Waals surface area (Å²) in [4.78, 5) is 0. The molecular weight excluding hydrogens is 100 g/mol. The molecule has 0 heterocycles. The second-order valence-electron chi connectivity index (χ2n) is 1.77. The van der Waals surface area contributed by atoms with E-state index in [2.05, 4.69) is 19.2 Å². The van der Waals surface area contributed by atoms with Gasteiger partial charge in [0.1, 0.15) is 0 Å². The van der Waals surface area contributed by atoms with Crippen molar-refractivity contribution < 1.29 is 0 Å². The summed E-state index contributed by atoms with van der Waals surface area (Å²) in [5.74, 6) is 0. The molecule has 2 nitrogen and oxygen atoms in total. The molecule has 0 amide bonds. The standard InChI is InChI=1S/C6H12N2/c1-3-6(4-2)8-5-7/h6,8H,3-4H2,1-2H3. The van der Waals surface area contributed by atoms with Crippen LogP contribution in [-0.2, 0) is 0 Å². The zero-order chi connectivity index (χ0) is 6.41. The number of rotatable bonds is 3. The maximum atomic E-state index is 8.14. The van der Waals surface area contributed by atoms with Gasteiger partial charge in [0.25, 0.3) is 0 Å². The molecule has 0 saturated carbocycles. The first-order chi connectivity index (χ1) is 3.85. The van der Waals surface area contributed by atoms with Crippen molar-refractivity contribution >= 4 is 0 Å². The first-order valence-corrected chi connectivity index (χ1v) is 2.99. The second kappa shape index (κ2) is 4.45. The fourth-order valence-electron chi connectivity index (χ4n) is 0.584. The predicted octanol–water partition coefficient (Wildman–Crippen LogP) is 1.25. The van der Waals surface area contributed by atoms with Crippen molar-refractivity contribution in [1.29, 1.82) is 5.26 Å². The lowest BCUT2D eigenvalue weighted by molar-refractivity contribution is 0.558. The van der Waals surface area contributed by atoms with Gasteiger partial charge in [-0.25, -0.2) is 0 Å². The van der Waals surface area contributed by atoms with Crippen LogP contribution < -0.4 is 5.32 Å². The minimum Gasteiger partial charge on any atom is -0.321 e. The van der Waals surface area contributed by atoms with E-state index in [1.807, 2.05) is 6.19 Å². The number of nitriles is 1. The minimum atomic E-state index is 0.389. The Labute approximate surface area is 50.5 Å². The average molecular weight is 112 g/mol. The van der Waals surface area contributed by atoms with E-state index in [0.29, 0.717) is 6.04 Å². The van der Waals surface area contributed by atoms with Crippen LogP contribution in [0.15, 0.2) is 0 Å². The molecule has 0 saturated heterocycles. The predicted molar refractivity (Wildman–Crippen MR) is 33.1 cm³/mol. The fourth-order valence-corrected chi connectivity index (χ4v) is 0.584. The van der Waals surface area contributed by atoms with Crippen LogP contribution in [0.1, 0.15) is 26.7 Å². The van der Waals surface area contributed by atoms with Gasteiger partial charge in [-0.05, 0) is 12.8 Å². The van der Waals surface area contributed by atoms with Gasteiger partial charge in [0.15, 0.2) is 6.19 Å². The molecule has 0 aliphatic heterocycles. The SMILES string of the molecule is CCC(CC)NC#N. The average Bonchev–Trinajstić information content (AvgIpc) is 1.83. The van der Waals surface area contributed by atoms with Crippen LogP contribution in [-0.4, -0.2) is 6.04 Å². The molecule has 0 aliphatic rings. The van der Waals surface area contributed by atoms with E-state index >= 15 is 0 Å². The van der Waals surface area contributed by atoms with Gasteiger partial charge in [0.05, 0.1) is 0 Å². The van der Waals surface area contributed by atoms with Gasteiger partial charge >= 0.3 is 0 Å². The summed E-state index contributed by atoms with van der Waals surface area (Å²) in [7, 11) is 0. The summed E-state index contributed by atoms with van der Waals surface area (Å²) in [5.41, 5.74) is 0. The Balaban J connectivity index is 3.25. The van der Waals surface area contributed by atoms with Crippen LogP contribution in [0, 0.1) is 11.5 Å². The lowest BCUT2D eigenvalue weighted by atomic mass is 10.2. The van der Waals surface area contributed by atoms with E-state index in [-0.39, 0.29) is 0 Å². The molecular formula is C6H12N2. The highest BCUT2D eigenvalue weighted by molar-refractivity contribution is 4.72. The molecule has 2 heteroatoms. The van der Waals surface area contributed by atoms with Crippen molar-refractivity contribution in [1.82, 2.24) is 5.32 Å². The third kappa shape index (κ3) is 2.46. The molecule has 0 atom stereocenters. The van der Waals surface area contributed by atoms with Gasteiger partial charge in [-0.2, -0.15) is 5.26 Å². The summed E-state index contributed by atoms with van der Waals surface area (Å²) in [6.07, 6.45) is 3.98. The van der Waals surface area contributed by atoms with E-state index < -0.39 is 0 Å². The zero-order valence-electron chi connectivity index (χ0n) is 5.44. The molecule has 0 bridgehead atoms. The smallest absolute Gasteiger partial charge is 0.176 e. The van der Waals surface area contributed by atoms with Gasteiger partial charge in [0, 0.05) is 6.04 Å². The van der Waals surface area contributed by atoms with E-state index in [4.69, 9.17) is 5.26 Å². The Hall–Kier alpha value is -0.710. The highest BCUT2D eigenvalue weighted by Gasteiger charge is 1.97. The molecule has 0 fully saturated rings. The third-order valence-electron chi connectivity index (χ3n) is 1.25. The molecule has 0 aliphatic carbocycles. The lowest BCUT2D eigenvalue weighted by Gasteiger charge is -2.06. The van der Waals surface area contributed by atoms with Gasteiger partial charge in [-0.1, -0.05) is 13.8 Å². The van der Waals surface area contributed by atoms with E-state index in [0.717, 1.165) is 12.8 Å². The first-order valence-electron chi connectivity index (χ1n) is 2.99. The number of hydrogen-bond donors (Lipinski definition) is 1. The molecule has 0 radical (unpaired) electrons. The Morgan fingerprint density at radius 3 is 2.12 bits per heavy atom. The fraction of sp³-hybridized carbons (Fsp3) is 0.833. The Morgan fingerprint density at radius 2 is 2.00 bits per heavy atom. The van der Waals surface area contributed by atoms with Crippen LogP contribution in [0.2, 0.25) is 0 Å². The number of hydrogen-bond acceptors (Lipinski definition) is 2. The summed E-state index contributed by atoms with van der Waals surface area (Å²) in [6.45, 7) is 4.14. The van der Waals surface area contributed by atoms with Crippen molar-refractivity contribution in [3.8, 4) is 6.19 Å². The van der Waals surface area contributed by atoms with Crippen molar-refractivity contribution in [2.24, 2.45) is 0 Å². The third-order valence-corrected chi connectivity index (χ3v) is 1.25. The van der Waals surface area contributed by atoms with E-state index in [9.17, 15) is 0 Å². The van der Waals surface area contributed by atoms with Crippen LogP contribution >= 0.6 is 0 Å². The van der Waals surface area contributed by atoms with Crippen LogP contribution in [0.4, 0.5) is 0 Å². The van der Waals surface area contributed by atoms with Crippen LogP contribution in [0.5, 0.6) is 0 Å². The first kappa shape index (κ1) is 7.29. The molecule has 0 aromatic carbocycles. The molecule has 0 aromatic rings. The van der Waals surface area contributed by atoms with Crippen molar-refractivity contribution in [3.63, 3.8) is 0 Å². The summed E-state index contributed by atoms with van der Waals surface area (Å²) >= 11 is 0. The van der Waals surface area contributed by atoms with Crippen molar-refractivity contribution in [2.45, 2.75) is 32.7 Å². The molecule has 0 rings (SSSR count). The normalized spacial score (nSPS) is 8.75. The van der Waals surface area contributed by atoms with Crippen LogP contribution in [0.3, 0.4) is 0 Å². The largest absolute Gasteiger partial charge is 0.321 e. The van der Waals surface area contributed by atoms with Crippen molar-refractivity contribution in [2.75, 3.05) is 0 Å². The quantitative estimate of drug-likeness (QED) is 0.440. The maximum Gasteiger partial charge on any atom is 0.176 e. The highest BCUT2D eigenvalue weighted by Crippen LogP contribution is 1.93. The Morgan fingerprint density at radius 1 is 1.50 bits per heavy atom.